The molecule has 0 bridgehead atoms. The highest BCUT2D eigenvalue weighted by atomic mass is 16.5. The van der Waals surface area contributed by atoms with Gasteiger partial charge in [0, 0.05) is 11.5 Å². The van der Waals surface area contributed by atoms with E-state index in [1.807, 2.05) is 37.3 Å². The second-order valence-corrected chi connectivity index (χ2v) is 6.17. The molecule has 1 aliphatic rings. The number of carbonyl (C=O) groups is 1. The molecule has 0 N–H and O–H groups in total. The molecule has 1 aromatic heterocycles. The number of aryl methyl sites for hydroxylation is 1. The Balaban J connectivity index is 1.94. The van der Waals surface area contributed by atoms with Gasteiger partial charge in [-0.3, -0.25) is 0 Å². The van der Waals surface area contributed by atoms with Gasteiger partial charge < -0.3 is 13.9 Å². The third-order valence-electron chi connectivity index (χ3n) is 4.37. The fraction of sp³-hybridized carbons (Fsp3) is 0.190. The molecule has 2 heterocycles. The second kappa shape index (κ2) is 6.72. The number of hydrogen-bond donors (Lipinski definition) is 0. The molecule has 0 saturated heterocycles. The first kappa shape index (κ1) is 17.0. The van der Waals surface area contributed by atoms with Crippen molar-refractivity contribution in [2.24, 2.45) is 4.99 Å². The summed E-state index contributed by atoms with van der Waals surface area (Å²) in [5.41, 5.74) is 1.97. The van der Waals surface area contributed by atoms with Gasteiger partial charge >= 0.3 is 11.6 Å². The number of nitrogens with zero attached hydrogens (tertiary/aromatic N) is 1. The smallest absolute Gasteiger partial charge is 0.356 e. The normalized spacial score (nSPS) is 15.6. The molecule has 6 heteroatoms. The van der Waals surface area contributed by atoms with E-state index in [1.165, 1.54) is 6.07 Å². The standard InChI is InChI=1S/C21H17NO5/c1-3-25-21(24)17-18(13-7-5-4-6-8-13)27-20-15(22-17)10-9-14-12(2)11-16(23)26-19(14)20/h4-11,18H,3H2,1-2H3. The fourth-order valence-electron chi connectivity index (χ4n) is 3.12. The van der Waals surface area contributed by atoms with Crippen LogP contribution in [0.4, 0.5) is 5.69 Å². The zero-order valence-electron chi connectivity index (χ0n) is 14.9. The van der Waals surface area contributed by atoms with Crippen LogP contribution < -0.4 is 10.4 Å². The van der Waals surface area contributed by atoms with Crippen LogP contribution in [0.3, 0.4) is 0 Å². The lowest BCUT2D eigenvalue weighted by atomic mass is 10.0. The van der Waals surface area contributed by atoms with Gasteiger partial charge in [-0.1, -0.05) is 30.3 Å². The Labute approximate surface area is 155 Å². The predicted octanol–water partition coefficient (Wildman–Crippen LogP) is 3.87. The van der Waals surface area contributed by atoms with Crippen LogP contribution >= 0.6 is 0 Å². The summed E-state index contributed by atoms with van der Waals surface area (Å²) in [7, 11) is 0. The molecule has 2 aromatic carbocycles. The number of ether oxygens (including phenoxy) is 2. The summed E-state index contributed by atoms with van der Waals surface area (Å²) in [6, 6.07) is 14.2. The Hall–Kier alpha value is -3.41. The lowest BCUT2D eigenvalue weighted by molar-refractivity contribution is -0.135. The average Bonchev–Trinajstić information content (AvgIpc) is 2.67. The number of aliphatic imine (C=N–C) groups is 1. The van der Waals surface area contributed by atoms with E-state index >= 15 is 0 Å². The molecule has 1 atom stereocenters. The quantitative estimate of drug-likeness (QED) is 0.521. The first-order valence-corrected chi connectivity index (χ1v) is 8.63. The van der Waals surface area contributed by atoms with Gasteiger partial charge in [0.05, 0.1) is 6.61 Å². The summed E-state index contributed by atoms with van der Waals surface area (Å²) in [6.45, 7) is 3.80. The van der Waals surface area contributed by atoms with E-state index in [-0.39, 0.29) is 12.3 Å². The molecule has 1 aliphatic heterocycles. The van der Waals surface area contributed by atoms with E-state index in [2.05, 4.69) is 4.99 Å². The van der Waals surface area contributed by atoms with Crippen molar-refractivity contribution in [1.29, 1.82) is 0 Å². The molecule has 3 aromatic rings. The summed E-state index contributed by atoms with van der Waals surface area (Å²) in [4.78, 5) is 28.8. The van der Waals surface area contributed by atoms with Crippen LogP contribution in [0.25, 0.3) is 11.0 Å². The molecule has 4 rings (SSSR count). The molecule has 27 heavy (non-hydrogen) atoms. The van der Waals surface area contributed by atoms with Crippen LogP contribution in [-0.4, -0.2) is 18.3 Å². The lowest BCUT2D eigenvalue weighted by Gasteiger charge is -2.26. The van der Waals surface area contributed by atoms with Gasteiger partial charge in [-0.15, -0.1) is 0 Å². The largest absolute Gasteiger partial charge is 0.473 e. The van der Waals surface area contributed by atoms with Crippen molar-refractivity contribution in [2.75, 3.05) is 6.61 Å². The molecule has 0 radical (unpaired) electrons. The highest BCUT2D eigenvalue weighted by Crippen LogP contribution is 2.43. The Kier molecular flexibility index (Phi) is 4.24. The van der Waals surface area contributed by atoms with Crippen LogP contribution in [0.5, 0.6) is 5.75 Å². The van der Waals surface area contributed by atoms with Crippen molar-refractivity contribution in [2.45, 2.75) is 20.0 Å². The number of rotatable bonds is 3. The summed E-state index contributed by atoms with van der Waals surface area (Å²) in [6.07, 6.45) is -0.755. The molecule has 0 aliphatic carbocycles. The van der Waals surface area contributed by atoms with Crippen LogP contribution in [0.15, 0.2) is 62.7 Å². The van der Waals surface area contributed by atoms with Gasteiger partial charge in [-0.05, 0) is 37.1 Å². The van der Waals surface area contributed by atoms with E-state index in [4.69, 9.17) is 13.9 Å². The molecule has 6 nitrogen and oxygen atoms in total. The molecular formula is C21H17NO5. The topological polar surface area (TPSA) is 78.1 Å². The van der Waals surface area contributed by atoms with Crippen molar-refractivity contribution in [3.8, 4) is 5.75 Å². The lowest BCUT2D eigenvalue weighted by Crippen LogP contribution is -2.30. The number of carbonyl (C=O) groups excluding carboxylic acids is 1. The first-order chi connectivity index (χ1) is 13.1. The molecule has 0 spiro atoms. The Morgan fingerprint density at radius 3 is 2.70 bits per heavy atom. The zero-order chi connectivity index (χ0) is 19.0. The van der Waals surface area contributed by atoms with Gasteiger partial charge in [-0.25, -0.2) is 14.6 Å². The van der Waals surface area contributed by atoms with Crippen molar-refractivity contribution in [1.82, 2.24) is 0 Å². The maximum atomic E-state index is 12.5. The van der Waals surface area contributed by atoms with Crippen molar-refractivity contribution < 1.29 is 18.7 Å². The van der Waals surface area contributed by atoms with Crippen LogP contribution in [0.2, 0.25) is 0 Å². The average molecular weight is 363 g/mol. The van der Waals surface area contributed by atoms with Gasteiger partial charge in [0.1, 0.15) is 5.69 Å². The van der Waals surface area contributed by atoms with E-state index < -0.39 is 17.7 Å². The minimum Gasteiger partial charge on any atom is -0.473 e. The van der Waals surface area contributed by atoms with Gasteiger partial charge in [0.2, 0.25) is 0 Å². The first-order valence-electron chi connectivity index (χ1n) is 8.63. The molecule has 136 valence electrons. The van der Waals surface area contributed by atoms with Crippen molar-refractivity contribution >= 4 is 28.3 Å². The maximum Gasteiger partial charge on any atom is 0.356 e. The Morgan fingerprint density at radius 2 is 1.96 bits per heavy atom. The van der Waals surface area contributed by atoms with Crippen molar-refractivity contribution in [3.05, 3.63) is 70.1 Å². The molecule has 0 saturated carbocycles. The minimum absolute atomic E-state index is 0.157. The SMILES string of the molecule is CCOC(=O)C1=Nc2ccc3c(C)cc(=O)oc3c2OC1c1ccccc1. The Bertz CT molecular complexity index is 1110. The van der Waals surface area contributed by atoms with E-state index in [0.29, 0.717) is 17.0 Å². The number of benzene rings is 2. The third-order valence-corrected chi connectivity index (χ3v) is 4.37. The summed E-state index contributed by atoms with van der Waals surface area (Å²) >= 11 is 0. The van der Waals surface area contributed by atoms with Gasteiger partial charge in [0.25, 0.3) is 0 Å². The number of fused-ring (bicyclic) bond motifs is 3. The van der Waals surface area contributed by atoms with Crippen LogP contribution in [-0.2, 0) is 9.53 Å². The third kappa shape index (κ3) is 2.99. The second-order valence-electron chi connectivity index (χ2n) is 6.17. The zero-order valence-corrected chi connectivity index (χ0v) is 14.9. The summed E-state index contributed by atoms with van der Waals surface area (Å²) < 4.78 is 16.7. The van der Waals surface area contributed by atoms with Crippen LogP contribution in [0.1, 0.15) is 24.2 Å². The maximum absolute atomic E-state index is 12.5. The predicted molar refractivity (Wildman–Crippen MR) is 101 cm³/mol. The van der Waals surface area contributed by atoms with Crippen LogP contribution in [0, 0.1) is 6.92 Å². The van der Waals surface area contributed by atoms with E-state index in [0.717, 1.165) is 16.5 Å². The molecular weight excluding hydrogens is 346 g/mol. The van der Waals surface area contributed by atoms with Crippen molar-refractivity contribution in [3.63, 3.8) is 0 Å². The van der Waals surface area contributed by atoms with E-state index in [9.17, 15) is 9.59 Å². The molecule has 1 unspecified atom stereocenters. The molecule has 0 fully saturated rings. The summed E-state index contributed by atoms with van der Waals surface area (Å²) in [5.74, 6) is -0.196. The highest BCUT2D eigenvalue weighted by Gasteiger charge is 2.33. The van der Waals surface area contributed by atoms with E-state index in [1.54, 1.807) is 19.1 Å². The highest BCUT2D eigenvalue weighted by molar-refractivity contribution is 6.39. The number of esters is 1. The van der Waals surface area contributed by atoms with Gasteiger partial charge in [0.15, 0.2) is 23.1 Å². The van der Waals surface area contributed by atoms with Gasteiger partial charge in [-0.2, -0.15) is 0 Å². The summed E-state index contributed by atoms with van der Waals surface area (Å²) in [5, 5.41) is 0.759. The molecule has 0 amide bonds. The number of hydrogen-bond acceptors (Lipinski definition) is 6. The Morgan fingerprint density at radius 1 is 1.19 bits per heavy atom. The fourth-order valence-corrected chi connectivity index (χ4v) is 3.12. The monoisotopic (exact) mass is 363 g/mol. The minimum atomic E-state index is -0.755.